The minimum absolute atomic E-state index is 0.143. The lowest BCUT2D eigenvalue weighted by atomic mass is 9.94. The summed E-state index contributed by atoms with van der Waals surface area (Å²) in [7, 11) is 1.55. The number of methoxy groups -OCH3 is 1. The van der Waals surface area contributed by atoms with Crippen LogP contribution in [0.3, 0.4) is 0 Å². The van der Waals surface area contributed by atoms with E-state index in [0.717, 1.165) is 5.39 Å². The van der Waals surface area contributed by atoms with Gasteiger partial charge in [-0.1, -0.05) is 53.5 Å². The van der Waals surface area contributed by atoms with Crippen molar-refractivity contribution in [3.05, 3.63) is 106 Å². The maximum absolute atomic E-state index is 13.6. The fraction of sp³-hybridized carbons (Fsp3) is 0.138. The normalized spacial score (nSPS) is 12.7. The van der Waals surface area contributed by atoms with Gasteiger partial charge in [0, 0.05) is 46.4 Å². The van der Waals surface area contributed by atoms with Crippen LogP contribution in [0.25, 0.3) is 10.8 Å². The highest BCUT2D eigenvalue weighted by Gasteiger charge is 2.32. The average Bonchev–Trinajstić information content (AvgIpc) is 2.91. The second-order valence-corrected chi connectivity index (χ2v) is 9.45. The summed E-state index contributed by atoms with van der Waals surface area (Å²) in [4.78, 5) is 42.9. The maximum atomic E-state index is 13.6. The fourth-order valence-corrected chi connectivity index (χ4v) is 5.09. The van der Waals surface area contributed by atoms with Crippen LogP contribution in [0.4, 0.5) is 5.69 Å². The first-order chi connectivity index (χ1) is 17.9. The Morgan fingerprint density at radius 1 is 0.892 bits per heavy atom. The van der Waals surface area contributed by atoms with Crippen molar-refractivity contribution in [1.82, 2.24) is 4.90 Å². The van der Waals surface area contributed by atoms with Gasteiger partial charge in [0.15, 0.2) is 0 Å². The Bertz CT molecular complexity index is 1500. The lowest BCUT2D eigenvalue weighted by molar-refractivity contribution is 0.0610. The summed E-state index contributed by atoms with van der Waals surface area (Å²) in [5, 5.41) is 2.19. The zero-order valence-corrected chi connectivity index (χ0v) is 21.4. The molecule has 0 unspecified atom stereocenters. The molecule has 0 spiro atoms. The molecule has 37 heavy (non-hydrogen) atoms. The lowest BCUT2D eigenvalue weighted by Crippen LogP contribution is -2.42. The van der Waals surface area contributed by atoms with Crippen LogP contribution in [-0.2, 0) is 0 Å². The number of halogens is 2. The van der Waals surface area contributed by atoms with E-state index in [-0.39, 0.29) is 35.8 Å². The van der Waals surface area contributed by atoms with Crippen molar-refractivity contribution >= 4 is 57.4 Å². The first-order valence-electron chi connectivity index (χ1n) is 11.7. The predicted octanol–water partition coefficient (Wildman–Crippen LogP) is 6.49. The summed E-state index contributed by atoms with van der Waals surface area (Å²) >= 11 is 12.4. The van der Waals surface area contributed by atoms with E-state index in [1.807, 2.05) is 24.3 Å². The number of ether oxygens (including phenoxy) is 1. The Balaban J connectivity index is 1.41. The van der Waals surface area contributed by atoms with Crippen LogP contribution in [0.2, 0.25) is 10.0 Å². The molecule has 0 saturated carbocycles. The van der Waals surface area contributed by atoms with E-state index in [1.165, 1.54) is 11.0 Å². The Kier molecular flexibility index (Phi) is 6.87. The zero-order chi connectivity index (χ0) is 26.1. The minimum Gasteiger partial charge on any atom is -0.497 e. The lowest BCUT2D eigenvalue weighted by Gasteiger charge is -2.29. The number of hydrogen-bond donors (Lipinski definition) is 0. The van der Waals surface area contributed by atoms with Crippen molar-refractivity contribution in [2.45, 2.75) is 6.42 Å². The van der Waals surface area contributed by atoms with E-state index in [0.29, 0.717) is 45.0 Å². The van der Waals surface area contributed by atoms with Crippen LogP contribution >= 0.6 is 23.2 Å². The topological polar surface area (TPSA) is 66.9 Å². The van der Waals surface area contributed by atoms with Gasteiger partial charge in [-0.15, -0.1) is 0 Å². The average molecular weight is 533 g/mol. The summed E-state index contributed by atoms with van der Waals surface area (Å²) in [6.45, 7) is 0.373. The van der Waals surface area contributed by atoms with Gasteiger partial charge in [-0.2, -0.15) is 0 Å². The summed E-state index contributed by atoms with van der Waals surface area (Å²) in [6.07, 6.45) is 0.351. The second kappa shape index (κ2) is 10.2. The van der Waals surface area contributed by atoms with E-state index < -0.39 is 0 Å². The van der Waals surface area contributed by atoms with Crippen molar-refractivity contribution in [2.75, 3.05) is 25.1 Å². The second-order valence-electron chi connectivity index (χ2n) is 8.61. The zero-order valence-electron chi connectivity index (χ0n) is 19.9. The quantitative estimate of drug-likeness (QED) is 0.255. The third-order valence-corrected chi connectivity index (χ3v) is 6.94. The van der Waals surface area contributed by atoms with Gasteiger partial charge in [0.05, 0.1) is 17.7 Å². The molecular weight excluding hydrogens is 511 g/mol. The molecule has 0 aromatic heterocycles. The van der Waals surface area contributed by atoms with Crippen LogP contribution in [0.1, 0.15) is 37.5 Å². The van der Waals surface area contributed by atoms with Gasteiger partial charge in [0.25, 0.3) is 17.7 Å². The van der Waals surface area contributed by atoms with Crippen LogP contribution in [-0.4, -0.2) is 42.8 Å². The highest BCUT2D eigenvalue weighted by atomic mass is 35.5. The molecule has 8 heteroatoms. The van der Waals surface area contributed by atoms with Crippen LogP contribution in [0.5, 0.6) is 5.75 Å². The molecule has 1 aliphatic heterocycles. The molecule has 0 fully saturated rings. The van der Waals surface area contributed by atoms with Gasteiger partial charge >= 0.3 is 0 Å². The Morgan fingerprint density at radius 3 is 2.22 bits per heavy atom. The van der Waals surface area contributed by atoms with Crippen molar-refractivity contribution in [2.24, 2.45) is 0 Å². The number of amides is 3. The number of carbonyl (C=O) groups excluding carboxylic acids is 3. The minimum atomic E-state index is -0.339. The molecule has 6 nitrogen and oxygen atoms in total. The van der Waals surface area contributed by atoms with E-state index in [9.17, 15) is 14.4 Å². The van der Waals surface area contributed by atoms with E-state index >= 15 is 0 Å². The van der Waals surface area contributed by atoms with E-state index in [1.54, 1.807) is 60.5 Å². The molecule has 3 amide bonds. The highest BCUT2D eigenvalue weighted by molar-refractivity contribution is 6.37. The van der Waals surface area contributed by atoms with Crippen molar-refractivity contribution < 1.29 is 19.1 Å². The van der Waals surface area contributed by atoms with Crippen LogP contribution < -0.4 is 9.64 Å². The molecule has 0 saturated heterocycles. The predicted molar refractivity (Wildman–Crippen MR) is 145 cm³/mol. The number of rotatable bonds is 7. The van der Waals surface area contributed by atoms with Crippen molar-refractivity contribution in [3.8, 4) is 5.75 Å². The van der Waals surface area contributed by atoms with Gasteiger partial charge in [-0.3, -0.25) is 19.3 Å². The summed E-state index contributed by atoms with van der Waals surface area (Å²) in [5.41, 5.74) is 1.89. The molecule has 0 radical (unpaired) electrons. The van der Waals surface area contributed by atoms with Crippen molar-refractivity contribution in [1.29, 1.82) is 0 Å². The third-order valence-electron chi connectivity index (χ3n) is 6.39. The molecule has 0 N–H and O–H groups in total. The molecule has 1 aliphatic rings. The highest BCUT2D eigenvalue weighted by Crippen LogP contribution is 2.31. The van der Waals surface area contributed by atoms with Crippen LogP contribution in [0.15, 0.2) is 78.9 Å². The van der Waals surface area contributed by atoms with Crippen molar-refractivity contribution in [3.63, 3.8) is 0 Å². The molecule has 0 atom stereocenters. The van der Waals surface area contributed by atoms with Crippen LogP contribution in [0, 0.1) is 0 Å². The number of nitrogens with zero attached hydrogens (tertiary/aromatic N) is 2. The Hall–Kier alpha value is -3.87. The fourth-order valence-electron chi connectivity index (χ4n) is 4.61. The molecule has 5 rings (SSSR count). The number of hydrogen-bond acceptors (Lipinski definition) is 4. The monoisotopic (exact) mass is 532 g/mol. The molecule has 0 aliphatic carbocycles. The van der Waals surface area contributed by atoms with Gasteiger partial charge < -0.3 is 9.64 Å². The number of anilines is 1. The van der Waals surface area contributed by atoms with Gasteiger partial charge in [-0.25, -0.2) is 0 Å². The first kappa shape index (κ1) is 24.8. The molecular formula is C29H22Cl2N2O4. The molecule has 1 heterocycles. The SMILES string of the molecule is COc1cccc(N(CCCN2C(=O)c3cccc4cccc(c34)C2=O)C(=O)c2ccc(Cl)cc2Cl)c1. The largest absolute Gasteiger partial charge is 0.497 e. The molecule has 0 bridgehead atoms. The number of carbonyl (C=O) groups is 3. The summed E-state index contributed by atoms with van der Waals surface area (Å²) in [5.74, 6) is -0.423. The molecule has 186 valence electrons. The number of benzene rings is 4. The van der Waals surface area contributed by atoms with E-state index in [4.69, 9.17) is 27.9 Å². The van der Waals surface area contributed by atoms with Gasteiger partial charge in [0.2, 0.25) is 0 Å². The standard InChI is InChI=1S/C29H22Cl2N2O4/c1-37-21-9-4-8-20(17-21)32(27(34)22-13-12-19(30)16-25(22)31)14-5-15-33-28(35)23-10-2-6-18-7-3-11-24(26(18)23)29(33)36/h2-4,6-13,16-17H,5,14-15H2,1H3. The first-order valence-corrected chi connectivity index (χ1v) is 12.4. The molecule has 4 aromatic carbocycles. The van der Waals surface area contributed by atoms with Gasteiger partial charge in [-0.05, 0) is 54.3 Å². The third kappa shape index (κ3) is 4.66. The summed E-state index contributed by atoms with van der Waals surface area (Å²) < 4.78 is 5.34. The molecule has 4 aromatic rings. The Morgan fingerprint density at radius 2 is 1.57 bits per heavy atom. The number of imide groups is 1. The Labute approximate surface area is 224 Å². The summed E-state index contributed by atoms with van der Waals surface area (Å²) in [6, 6.07) is 22.7. The maximum Gasteiger partial charge on any atom is 0.261 e. The smallest absolute Gasteiger partial charge is 0.261 e. The van der Waals surface area contributed by atoms with Gasteiger partial charge in [0.1, 0.15) is 5.75 Å². The van der Waals surface area contributed by atoms with E-state index in [2.05, 4.69) is 0 Å².